The van der Waals surface area contributed by atoms with Crippen LogP contribution in [0.4, 0.5) is 0 Å². The molecule has 0 aliphatic heterocycles. The highest BCUT2D eigenvalue weighted by atomic mass is 127. The molecule has 0 saturated carbocycles. The Balaban J connectivity index is 0.00000361. The first kappa shape index (κ1) is 19.1. The zero-order chi connectivity index (χ0) is 14.4. The molecule has 0 fully saturated rings. The number of carbonyl (C=O) groups excluding carboxylic acids is 1. The number of rotatable bonds is 4. The Morgan fingerprint density at radius 3 is 2.70 bits per heavy atom. The van der Waals surface area contributed by atoms with Gasteiger partial charge in [-0.1, -0.05) is 0 Å². The predicted molar refractivity (Wildman–Crippen MR) is 92.2 cm³/mol. The molecule has 2 N–H and O–H groups in total. The number of thiazole rings is 1. The van der Waals surface area contributed by atoms with Gasteiger partial charge in [0.1, 0.15) is 9.88 Å². The van der Waals surface area contributed by atoms with Gasteiger partial charge in [0.15, 0.2) is 5.96 Å². The van der Waals surface area contributed by atoms with Crippen LogP contribution in [0.15, 0.2) is 4.99 Å². The number of hydrogen-bond acceptors (Lipinski definition) is 5. The lowest BCUT2D eigenvalue weighted by molar-refractivity contribution is 0.0531. The smallest absolute Gasteiger partial charge is 0.350 e. The molecule has 6 nitrogen and oxygen atoms in total. The molecule has 0 aromatic carbocycles. The molecule has 0 spiro atoms. The Bertz CT molecular complexity index is 476. The molecule has 0 saturated heterocycles. The molecule has 1 atom stereocenters. The molecule has 0 aliphatic carbocycles. The quantitative estimate of drug-likeness (QED) is 0.343. The highest BCUT2D eigenvalue weighted by Crippen LogP contribution is 2.24. The van der Waals surface area contributed by atoms with Crippen LogP contribution in [0.5, 0.6) is 0 Å². The number of hydrogen-bond donors (Lipinski definition) is 2. The number of nitrogens with one attached hydrogen (secondary N) is 2. The molecule has 0 aliphatic rings. The average molecular weight is 412 g/mol. The number of aromatic nitrogens is 1. The van der Waals surface area contributed by atoms with Gasteiger partial charge < -0.3 is 15.4 Å². The van der Waals surface area contributed by atoms with Crippen molar-refractivity contribution in [1.29, 1.82) is 0 Å². The van der Waals surface area contributed by atoms with E-state index in [1.165, 1.54) is 11.3 Å². The monoisotopic (exact) mass is 412 g/mol. The van der Waals surface area contributed by atoms with E-state index in [4.69, 9.17) is 4.74 Å². The largest absolute Gasteiger partial charge is 0.462 e. The van der Waals surface area contributed by atoms with E-state index >= 15 is 0 Å². The molecule has 1 aromatic heterocycles. The van der Waals surface area contributed by atoms with E-state index in [-0.39, 0.29) is 36.0 Å². The zero-order valence-corrected chi connectivity index (χ0v) is 15.5. The lowest BCUT2D eigenvalue weighted by atomic mass is 10.3. The summed E-state index contributed by atoms with van der Waals surface area (Å²) in [7, 11) is 3.49. The third-order valence-electron chi connectivity index (χ3n) is 2.46. The van der Waals surface area contributed by atoms with Crippen molar-refractivity contribution >= 4 is 47.2 Å². The third-order valence-corrected chi connectivity index (χ3v) is 3.78. The summed E-state index contributed by atoms with van der Waals surface area (Å²) >= 11 is 1.35. The van der Waals surface area contributed by atoms with Gasteiger partial charge in [-0.05, 0) is 20.8 Å². The van der Waals surface area contributed by atoms with Crippen molar-refractivity contribution in [2.24, 2.45) is 4.99 Å². The number of nitrogens with zero attached hydrogens (tertiary/aromatic N) is 2. The summed E-state index contributed by atoms with van der Waals surface area (Å²) in [6.45, 7) is 5.93. The molecular formula is C12H21IN4O2S. The number of ether oxygens (including phenoxy) is 1. The topological polar surface area (TPSA) is 75.6 Å². The van der Waals surface area contributed by atoms with Gasteiger partial charge in [-0.15, -0.1) is 35.3 Å². The van der Waals surface area contributed by atoms with Crippen molar-refractivity contribution < 1.29 is 9.53 Å². The van der Waals surface area contributed by atoms with Gasteiger partial charge >= 0.3 is 5.97 Å². The van der Waals surface area contributed by atoms with Crippen LogP contribution in [0.2, 0.25) is 0 Å². The minimum Gasteiger partial charge on any atom is -0.462 e. The number of halogens is 1. The Morgan fingerprint density at radius 1 is 1.55 bits per heavy atom. The van der Waals surface area contributed by atoms with E-state index in [2.05, 4.69) is 20.6 Å². The molecule has 114 valence electrons. The lowest BCUT2D eigenvalue weighted by Gasteiger charge is -2.13. The third kappa shape index (κ3) is 4.89. The second-order valence-corrected chi connectivity index (χ2v) is 4.91. The fourth-order valence-corrected chi connectivity index (χ4v) is 2.47. The maximum absolute atomic E-state index is 11.7. The predicted octanol–water partition coefficient (Wildman–Crippen LogP) is 2.10. The first-order valence-corrected chi connectivity index (χ1v) is 6.90. The van der Waals surface area contributed by atoms with Crippen LogP contribution < -0.4 is 10.6 Å². The summed E-state index contributed by atoms with van der Waals surface area (Å²) in [6.07, 6.45) is 0. The highest BCUT2D eigenvalue weighted by molar-refractivity contribution is 14.0. The first-order chi connectivity index (χ1) is 9.03. The molecule has 0 amide bonds. The zero-order valence-electron chi connectivity index (χ0n) is 12.3. The number of guanidine groups is 1. The standard InChI is InChI=1S/C12H20N4O2S.HI/c1-6-18-11(17)9-7(2)15-10(19-9)8(3)16-12(13-4)14-5;/h8H,6H2,1-5H3,(H2,13,14,16);1H. The van der Waals surface area contributed by atoms with E-state index in [1.54, 1.807) is 21.0 Å². The van der Waals surface area contributed by atoms with Gasteiger partial charge in [-0.2, -0.15) is 0 Å². The van der Waals surface area contributed by atoms with Crippen molar-refractivity contribution in [2.75, 3.05) is 20.7 Å². The normalized spacial score (nSPS) is 12.3. The van der Waals surface area contributed by atoms with E-state index < -0.39 is 0 Å². The summed E-state index contributed by atoms with van der Waals surface area (Å²) in [5, 5.41) is 6.95. The summed E-state index contributed by atoms with van der Waals surface area (Å²) in [4.78, 5) is 20.7. The summed E-state index contributed by atoms with van der Waals surface area (Å²) in [5.74, 6) is 0.368. The number of aryl methyl sites for hydroxylation is 1. The van der Waals surface area contributed by atoms with Gasteiger partial charge in [0.2, 0.25) is 0 Å². The molecule has 0 radical (unpaired) electrons. The lowest BCUT2D eigenvalue weighted by Crippen LogP contribution is -2.36. The van der Waals surface area contributed by atoms with Gasteiger partial charge in [0.05, 0.1) is 18.3 Å². The number of carbonyl (C=O) groups is 1. The molecular weight excluding hydrogens is 391 g/mol. The second-order valence-electron chi connectivity index (χ2n) is 3.88. The Kier molecular flexibility index (Phi) is 8.70. The minimum atomic E-state index is -0.311. The Labute approximate surface area is 140 Å². The van der Waals surface area contributed by atoms with Gasteiger partial charge in [0.25, 0.3) is 0 Å². The molecule has 1 rings (SSSR count). The van der Waals surface area contributed by atoms with Crippen molar-refractivity contribution in [3.8, 4) is 0 Å². The molecule has 1 heterocycles. The average Bonchev–Trinajstić information content (AvgIpc) is 2.78. The first-order valence-electron chi connectivity index (χ1n) is 6.09. The van der Waals surface area contributed by atoms with Crippen LogP contribution in [0.1, 0.15) is 40.3 Å². The maximum atomic E-state index is 11.7. The van der Waals surface area contributed by atoms with E-state index in [9.17, 15) is 4.79 Å². The van der Waals surface area contributed by atoms with E-state index in [0.29, 0.717) is 23.1 Å². The van der Waals surface area contributed by atoms with Crippen LogP contribution in [0.3, 0.4) is 0 Å². The van der Waals surface area contributed by atoms with Gasteiger partial charge in [-0.25, -0.2) is 9.78 Å². The van der Waals surface area contributed by atoms with Gasteiger partial charge in [0, 0.05) is 14.1 Å². The number of aliphatic imine (C=N–C) groups is 1. The van der Waals surface area contributed by atoms with Crippen LogP contribution in [0, 0.1) is 6.92 Å². The molecule has 1 unspecified atom stereocenters. The SMILES string of the molecule is CCOC(=O)c1sc(C(C)NC(=NC)NC)nc1C.I. The van der Waals surface area contributed by atoms with Crippen molar-refractivity contribution in [1.82, 2.24) is 15.6 Å². The summed E-state index contributed by atoms with van der Waals surface area (Å²) < 4.78 is 5.00. The van der Waals surface area contributed by atoms with Gasteiger partial charge in [-0.3, -0.25) is 4.99 Å². The maximum Gasteiger partial charge on any atom is 0.350 e. The van der Waals surface area contributed by atoms with E-state index in [1.807, 2.05) is 13.8 Å². The number of esters is 1. The Morgan fingerprint density at radius 2 is 2.20 bits per heavy atom. The fourth-order valence-electron chi connectivity index (χ4n) is 1.50. The van der Waals surface area contributed by atoms with Crippen LogP contribution >= 0.6 is 35.3 Å². The van der Waals surface area contributed by atoms with Crippen molar-refractivity contribution in [3.05, 3.63) is 15.6 Å². The Hall–Kier alpha value is -0.900. The minimum absolute atomic E-state index is 0. The molecule has 8 heteroatoms. The summed E-state index contributed by atoms with van der Waals surface area (Å²) in [6, 6.07) is -0.0296. The fraction of sp³-hybridized carbons (Fsp3) is 0.583. The highest BCUT2D eigenvalue weighted by Gasteiger charge is 2.19. The van der Waals surface area contributed by atoms with Crippen LogP contribution in [-0.4, -0.2) is 37.6 Å². The molecule has 20 heavy (non-hydrogen) atoms. The van der Waals surface area contributed by atoms with Crippen molar-refractivity contribution in [2.45, 2.75) is 26.8 Å². The summed E-state index contributed by atoms with van der Waals surface area (Å²) in [5.41, 5.74) is 0.701. The van der Waals surface area contributed by atoms with Crippen LogP contribution in [-0.2, 0) is 4.74 Å². The second kappa shape index (κ2) is 9.11. The van der Waals surface area contributed by atoms with E-state index in [0.717, 1.165) is 5.01 Å². The molecule has 0 bridgehead atoms. The molecule has 1 aromatic rings. The van der Waals surface area contributed by atoms with Crippen LogP contribution in [0.25, 0.3) is 0 Å². The van der Waals surface area contributed by atoms with Crippen molar-refractivity contribution in [3.63, 3.8) is 0 Å².